The summed E-state index contributed by atoms with van der Waals surface area (Å²) in [5.41, 5.74) is 2.42. The van der Waals surface area contributed by atoms with E-state index in [1.807, 2.05) is 54.0 Å². The summed E-state index contributed by atoms with van der Waals surface area (Å²) in [5.74, 6) is -1.45. The van der Waals surface area contributed by atoms with Crippen LogP contribution in [0.2, 0.25) is 5.02 Å². The highest BCUT2D eigenvalue weighted by molar-refractivity contribution is 7.13. The number of esters is 1. The van der Waals surface area contributed by atoms with E-state index in [9.17, 15) is 19.7 Å². The summed E-state index contributed by atoms with van der Waals surface area (Å²) in [4.78, 5) is 37.8. The number of thiophene rings is 1. The molecule has 9 nitrogen and oxygen atoms in total. The number of nitro groups is 1. The van der Waals surface area contributed by atoms with Crippen molar-refractivity contribution in [2.24, 2.45) is 0 Å². The molecule has 2 heterocycles. The molecular weight excluding hydrogens is 564 g/mol. The molecule has 0 bridgehead atoms. The van der Waals surface area contributed by atoms with Gasteiger partial charge in [0.1, 0.15) is 10.7 Å². The number of nitrogens with one attached hydrogen (secondary N) is 1. The number of halogens is 1. The van der Waals surface area contributed by atoms with Crippen LogP contribution in [-0.2, 0) is 14.3 Å². The maximum Gasteiger partial charge on any atom is 0.331 e. The molecule has 3 aromatic carbocycles. The zero-order chi connectivity index (χ0) is 28.8. The zero-order valence-electron chi connectivity index (χ0n) is 21.2. The Bertz CT molecular complexity index is 1720. The Hall–Kier alpha value is -5.06. The second kappa shape index (κ2) is 12.4. The van der Waals surface area contributed by atoms with E-state index < -0.39 is 22.9 Å². The molecule has 0 aliphatic carbocycles. The Balaban J connectivity index is 1.39. The van der Waals surface area contributed by atoms with Crippen LogP contribution in [-0.4, -0.2) is 26.6 Å². The highest BCUT2D eigenvalue weighted by Gasteiger charge is 2.25. The molecule has 11 heteroatoms. The number of amides is 1. The van der Waals surface area contributed by atoms with E-state index in [2.05, 4.69) is 5.32 Å². The lowest BCUT2D eigenvalue weighted by Gasteiger charge is -2.17. The lowest BCUT2D eigenvalue weighted by atomic mass is 10.1. The number of rotatable bonds is 9. The van der Waals surface area contributed by atoms with E-state index in [0.717, 1.165) is 16.6 Å². The molecular formula is C30H21ClN4O5S. The Labute approximate surface area is 243 Å². The quantitative estimate of drug-likeness (QED) is 0.0855. The van der Waals surface area contributed by atoms with Gasteiger partial charge >= 0.3 is 5.97 Å². The van der Waals surface area contributed by atoms with Crippen molar-refractivity contribution in [2.75, 3.05) is 5.32 Å². The molecule has 5 rings (SSSR count). The van der Waals surface area contributed by atoms with Crippen molar-refractivity contribution in [2.45, 2.75) is 6.10 Å². The molecule has 1 amide bonds. The minimum Gasteiger partial charge on any atom is -0.444 e. The van der Waals surface area contributed by atoms with E-state index >= 15 is 0 Å². The van der Waals surface area contributed by atoms with E-state index in [-0.39, 0.29) is 16.4 Å². The van der Waals surface area contributed by atoms with Gasteiger partial charge in [0.2, 0.25) is 6.10 Å². The fraction of sp³-hybridized carbons (Fsp3) is 0.0333. The molecule has 2 aromatic heterocycles. The van der Waals surface area contributed by atoms with Crippen molar-refractivity contribution in [3.63, 3.8) is 0 Å². The number of nitro benzene ring substituents is 1. The van der Waals surface area contributed by atoms with Crippen molar-refractivity contribution in [3.05, 3.63) is 135 Å². The number of hydrogen-bond acceptors (Lipinski definition) is 7. The lowest BCUT2D eigenvalue weighted by molar-refractivity contribution is -0.384. The Kier molecular flexibility index (Phi) is 8.33. The van der Waals surface area contributed by atoms with Crippen LogP contribution in [0.25, 0.3) is 22.3 Å². The third-order valence-corrected chi connectivity index (χ3v) is 7.10. The molecule has 0 saturated heterocycles. The third-order valence-electron chi connectivity index (χ3n) is 5.90. The third kappa shape index (κ3) is 6.57. The first-order chi connectivity index (χ1) is 19.9. The minimum atomic E-state index is -1.33. The molecule has 0 aliphatic rings. The number of anilines is 1. The van der Waals surface area contributed by atoms with Gasteiger partial charge in [-0.2, -0.15) is 5.10 Å². The second-order valence-corrected chi connectivity index (χ2v) is 10.0. The monoisotopic (exact) mass is 584 g/mol. The van der Waals surface area contributed by atoms with Gasteiger partial charge in [-0.05, 0) is 41.8 Å². The zero-order valence-corrected chi connectivity index (χ0v) is 22.8. The minimum absolute atomic E-state index is 0.0679. The average Bonchev–Trinajstić information content (AvgIpc) is 3.67. The number of nitrogens with zero attached hydrogens (tertiary/aromatic N) is 3. The Morgan fingerprint density at radius 2 is 1.76 bits per heavy atom. The fourth-order valence-electron chi connectivity index (χ4n) is 3.98. The van der Waals surface area contributed by atoms with Crippen molar-refractivity contribution >= 4 is 52.3 Å². The molecule has 1 N–H and O–H groups in total. The van der Waals surface area contributed by atoms with Crippen LogP contribution < -0.4 is 5.32 Å². The topological polar surface area (TPSA) is 116 Å². The van der Waals surface area contributed by atoms with Crippen LogP contribution in [0.5, 0.6) is 0 Å². The van der Waals surface area contributed by atoms with Gasteiger partial charge in [-0.15, -0.1) is 11.3 Å². The summed E-state index contributed by atoms with van der Waals surface area (Å²) in [5, 5.41) is 20.4. The number of para-hydroxylation sites is 1. The summed E-state index contributed by atoms with van der Waals surface area (Å²) >= 11 is 7.40. The van der Waals surface area contributed by atoms with Crippen molar-refractivity contribution in [1.29, 1.82) is 0 Å². The second-order valence-electron chi connectivity index (χ2n) is 8.66. The molecule has 204 valence electrons. The summed E-state index contributed by atoms with van der Waals surface area (Å²) in [7, 11) is 0. The van der Waals surface area contributed by atoms with E-state index in [0.29, 0.717) is 16.8 Å². The molecule has 0 radical (unpaired) electrons. The van der Waals surface area contributed by atoms with Crippen molar-refractivity contribution < 1.29 is 19.2 Å². The van der Waals surface area contributed by atoms with Crippen LogP contribution in [0.1, 0.15) is 17.2 Å². The van der Waals surface area contributed by atoms with E-state index in [1.54, 1.807) is 41.1 Å². The standard InChI is InChI=1S/C30H21ClN4O5S/c31-24-15-14-22(18-25(24)35(38)39)32-30(37)29(20-8-3-1-4-9-20)40-27(36)16-13-21-19-34(23-10-5-2-6-11-23)33-28(21)26-12-7-17-41-26/h1-19,29H,(H,32,37). The van der Waals surface area contributed by atoms with Gasteiger partial charge in [-0.3, -0.25) is 14.9 Å². The molecule has 0 saturated carbocycles. The molecule has 0 fully saturated rings. The number of carbonyl (C=O) groups is 2. The first-order valence-electron chi connectivity index (χ1n) is 12.3. The molecule has 41 heavy (non-hydrogen) atoms. The molecule has 1 unspecified atom stereocenters. The number of benzene rings is 3. The SMILES string of the molecule is O=C(C=Cc1cn(-c2ccccc2)nc1-c1cccs1)OC(C(=O)Nc1ccc(Cl)c([N+](=O)[O-])c1)c1ccccc1. The van der Waals surface area contributed by atoms with Crippen molar-refractivity contribution in [3.8, 4) is 16.3 Å². The molecule has 5 aromatic rings. The number of ether oxygens (including phenoxy) is 1. The number of carbonyl (C=O) groups excluding carboxylic acids is 2. The average molecular weight is 585 g/mol. The highest BCUT2D eigenvalue weighted by atomic mass is 35.5. The van der Waals surface area contributed by atoms with Gasteiger partial charge in [0, 0.05) is 35.2 Å². The van der Waals surface area contributed by atoms with Gasteiger partial charge < -0.3 is 10.1 Å². The number of hydrogen-bond donors (Lipinski definition) is 1. The van der Waals surface area contributed by atoms with Gasteiger partial charge in [0.25, 0.3) is 11.6 Å². The first-order valence-corrected chi connectivity index (χ1v) is 13.5. The maximum atomic E-state index is 13.2. The summed E-state index contributed by atoms with van der Waals surface area (Å²) in [6.45, 7) is 0. The predicted octanol–water partition coefficient (Wildman–Crippen LogP) is 7.10. The largest absolute Gasteiger partial charge is 0.444 e. The Morgan fingerprint density at radius 1 is 1.02 bits per heavy atom. The molecule has 0 spiro atoms. The maximum absolute atomic E-state index is 13.2. The van der Waals surface area contributed by atoms with Gasteiger partial charge in [-0.1, -0.05) is 66.2 Å². The van der Waals surface area contributed by atoms with Gasteiger partial charge in [-0.25, -0.2) is 9.48 Å². The molecule has 0 aliphatic heterocycles. The lowest BCUT2D eigenvalue weighted by Crippen LogP contribution is -2.25. The van der Waals surface area contributed by atoms with Crippen LogP contribution in [0.4, 0.5) is 11.4 Å². The Morgan fingerprint density at radius 3 is 2.44 bits per heavy atom. The van der Waals surface area contributed by atoms with Gasteiger partial charge in [0.15, 0.2) is 0 Å². The summed E-state index contributed by atoms with van der Waals surface area (Å²) in [6.07, 6.45) is 3.31. The normalized spacial score (nSPS) is 11.7. The van der Waals surface area contributed by atoms with Crippen LogP contribution in [0.3, 0.4) is 0 Å². The first kappa shape index (κ1) is 27.5. The van der Waals surface area contributed by atoms with Crippen molar-refractivity contribution in [1.82, 2.24) is 9.78 Å². The summed E-state index contributed by atoms with van der Waals surface area (Å²) < 4.78 is 7.32. The summed E-state index contributed by atoms with van der Waals surface area (Å²) in [6, 6.07) is 25.8. The predicted molar refractivity (Wildman–Crippen MR) is 158 cm³/mol. The van der Waals surface area contributed by atoms with E-state index in [1.165, 1.54) is 29.5 Å². The van der Waals surface area contributed by atoms with Crippen LogP contribution in [0.15, 0.2) is 109 Å². The molecule has 1 atom stereocenters. The van der Waals surface area contributed by atoms with Crippen LogP contribution in [0, 0.1) is 10.1 Å². The fourth-order valence-corrected chi connectivity index (χ4v) is 4.90. The van der Waals surface area contributed by atoms with E-state index in [4.69, 9.17) is 21.4 Å². The highest BCUT2D eigenvalue weighted by Crippen LogP contribution is 2.30. The smallest absolute Gasteiger partial charge is 0.331 e. The van der Waals surface area contributed by atoms with Crippen LogP contribution >= 0.6 is 22.9 Å². The van der Waals surface area contributed by atoms with Gasteiger partial charge in [0.05, 0.1) is 15.5 Å². The number of aromatic nitrogens is 2.